The van der Waals surface area contributed by atoms with E-state index >= 15 is 0 Å². The summed E-state index contributed by atoms with van der Waals surface area (Å²) in [5.74, 6) is -0.449. The molecule has 0 radical (unpaired) electrons. The van der Waals surface area contributed by atoms with E-state index in [0.29, 0.717) is 12.2 Å². The van der Waals surface area contributed by atoms with Crippen molar-refractivity contribution in [2.24, 2.45) is 0 Å². The number of carbonyl (C=O) groups excluding carboxylic acids is 2. The van der Waals surface area contributed by atoms with E-state index in [1.54, 1.807) is 24.3 Å². The lowest BCUT2D eigenvalue weighted by Crippen LogP contribution is -2.53. The fourth-order valence-corrected chi connectivity index (χ4v) is 6.09. The van der Waals surface area contributed by atoms with Gasteiger partial charge < -0.3 is 15.0 Å². The van der Waals surface area contributed by atoms with Crippen LogP contribution in [-0.4, -0.2) is 50.9 Å². The summed E-state index contributed by atoms with van der Waals surface area (Å²) in [6.07, 6.45) is 1.10. The summed E-state index contributed by atoms with van der Waals surface area (Å²) in [5.41, 5.74) is 3.81. The summed E-state index contributed by atoms with van der Waals surface area (Å²) in [6.45, 7) is 11.0. The third-order valence-corrected chi connectivity index (χ3v) is 9.25. The number of amides is 2. The van der Waals surface area contributed by atoms with Crippen LogP contribution in [0.2, 0.25) is 0 Å². The standard InChI is InChI=1S/C33H43N3O5S/c1-8-26(6)34-33(38)29(9-2)35(21-27-13-11-10-12-25(27)5)32(37)22-36(30-20-24(4)16-19-31(30)41-7)42(39,40)28-17-14-23(3)15-18-28/h10-20,26,29H,8-9,21-22H2,1-7H3,(H,34,38)/t26-,29+/m0/s1. The zero-order chi connectivity index (χ0) is 31.0. The molecule has 0 aliphatic rings. The number of methoxy groups -OCH3 is 1. The molecule has 2 atom stereocenters. The Morgan fingerprint density at radius 3 is 2.14 bits per heavy atom. The van der Waals surface area contributed by atoms with Gasteiger partial charge in [0.2, 0.25) is 11.8 Å². The van der Waals surface area contributed by atoms with Crippen molar-refractivity contribution in [1.82, 2.24) is 10.2 Å². The Morgan fingerprint density at radius 1 is 0.905 bits per heavy atom. The van der Waals surface area contributed by atoms with Crippen molar-refractivity contribution in [3.63, 3.8) is 0 Å². The number of sulfonamides is 1. The van der Waals surface area contributed by atoms with Gasteiger partial charge in [-0.1, -0.05) is 61.9 Å². The quantitative estimate of drug-likeness (QED) is 0.281. The van der Waals surface area contributed by atoms with E-state index < -0.39 is 28.5 Å². The number of rotatable bonds is 13. The molecule has 2 amide bonds. The Bertz CT molecular complexity index is 1490. The van der Waals surface area contributed by atoms with Gasteiger partial charge in [-0.15, -0.1) is 0 Å². The summed E-state index contributed by atoms with van der Waals surface area (Å²) >= 11 is 0. The second-order valence-electron chi connectivity index (χ2n) is 10.7. The molecule has 0 unspecified atom stereocenters. The smallest absolute Gasteiger partial charge is 0.264 e. The van der Waals surface area contributed by atoms with Crippen molar-refractivity contribution in [3.05, 3.63) is 89.0 Å². The molecule has 42 heavy (non-hydrogen) atoms. The number of anilines is 1. The maximum Gasteiger partial charge on any atom is 0.264 e. The van der Waals surface area contributed by atoms with Gasteiger partial charge in [0.1, 0.15) is 18.3 Å². The summed E-state index contributed by atoms with van der Waals surface area (Å²) in [4.78, 5) is 29.3. The number of carbonyl (C=O) groups is 2. The van der Waals surface area contributed by atoms with Crippen LogP contribution in [0.25, 0.3) is 0 Å². The highest BCUT2D eigenvalue weighted by atomic mass is 32.2. The first-order valence-corrected chi connectivity index (χ1v) is 15.7. The van der Waals surface area contributed by atoms with E-state index in [9.17, 15) is 18.0 Å². The Labute approximate surface area is 250 Å². The molecule has 8 nitrogen and oxygen atoms in total. The molecule has 1 N–H and O–H groups in total. The fraction of sp³-hybridized carbons (Fsp3) is 0.394. The highest BCUT2D eigenvalue weighted by Crippen LogP contribution is 2.34. The molecule has 0 spiro atoms. The Balaban J connectivity index is 2.14. The van der Waals surface area contributed by atoms with E-state index in [2.05, 4.69) is 5.32 Å². The molecule has 3 aromatic carbocycles. The van der Waals surface area contributed by atoms with Crippen molar-refractivity contribution in [2.45, 2.75) is 77.9 Å². The maximum atomic E-state index is 14.3. The van der Waals surface area contributed by atoms with Crippen molar-refractivity contribution in [3.8, 4) is 5.75 Å². The molecule has 0 fully saturated rings. The lowest BCUT2D eigenvalue weighted by Gasteiger charge is -2.34. The molecule has 0 aliphatic carbocycles. The average Bonchev–Trinajstić information content (AvgIpc) is 2.96. The van der Waals surface area contributed by atoms with E-state index in [4.69, 9.17) is 4.74 Å². The number of hydrogen-bond donors (Lipinski definition) is 1. The van der Waals surface area contributed by atoms with Gasteiger partial charge >= 0.3 is 0 Å². The van der Waals surface area contributed by atoms with Crippen molar-refractivity contribution < 1.29 is 22.7 Å². The molecular weight excluding hydrogens is 550 g/mol. The summed E-state index contributed by atoms with van der Waals surface area (Å²) in [6, 6.07) is 18.5. The van der Waals surface area contributed by atoms with Crippen LogP contribution >= 0.6 is 0 Å². The zero-order valence-electron chi connectivity index (χ0n) is 25.7. The Kier molecular flexibility index (Phi) is 11.2. The topological polar surface area (TPSA) is 96.0 Å². The van der Waals surface area contributed by atoms with Gasteiger partial charge in [-0.2, -0.15) is 0 Å². The third kappa shape index (κ3) is 7.70. The van der Waals surface area contributed by atoms with E-state index in [0.717, 1.165) is 33.0 Å². The van der Waals surface area contributed by atoms with Crippen molar-refractivity contribution in [2.75, 3.05) is 18.0 Å². The van der Waals surface area contributed by atoms with Crippen LogP contribution < -0.4 is 14.4 Å². The minimum absolute atomic E-state index is 0.0523. The van der Waals surface area contributed by atoms with Gasteiger partial charge in [-0.3, -0.25) is 13.9 Å². The minimum atomic E-state index is -4.20. The number of benzene rings is 3. The summed E-state index contributed by atoms with van der Waals surface area (Å²) < 4.78 is 35.0. The Hall–Kier alpha value is -3.85. The second kappa shape index (κ2) is 14.4. The highest BCUT2D eigenvalue weighted by molar-refractivity contribution is 7.92. The molecule has 0 aliphatic heterocycles. The largest absolute Gasteiger partial charge is 0.495 e. The molecule has 3 aromatic rings. The number of nitrogens with one attached hydrogen (secondary N) is 1. The molecule has 0 aromatic heterocycles. The van der Waals surface area contributed by atoms with Gasteiger partial charge in [0.05, 0.1) is 17.7 Å². The predicted octanol–water partition coefficient (Wildman–Crippen LogP) is 5.54. The van der Waals surface area contributed by atoms with Crippen LogP contribution in [0.4, 0.5) is 5.69 Å². The molecule has 0 saturated carbocycles. The molecular formula is C33H43N3O5S. The molecule has 0 bridgehead atoms. The lowest BCUT2D eigenvalue weighted by molar-refractivity contribution is -0.140. The van der Waals surface area contributed by atoms with Gasteiger partial charge in [0.15, 0.2) is 0 Å². The van der Waals surface area contributed by atoms with Gasteiger partial charge in [-0.25, -0.2) is 8.42 Å². The molecule has 9 heteroatoms. The van der Waals surface area contributed by atoms with Gasteiger partial charge in [-0.05, 0) is 81.5 Å². The average molecular weight is 594 g/mol. The van der Waals surface area contributed by atoms with E-state index in [-0.39, 0.29) is 29.1 Å². The SMILES string of the molecule is CC[C@H](C(=O)N[C@@H](C)CC)N(Cc1ccccc1C)C(=O)CN(c1cc(C)ccc1OC)S(=O)(=O)c1ccc(C)cc1. The van der Waals surface area contributed by atoms with E-state index in [1.807, 2.05) is 71.9 Å². The molecule has 0 heterocycles. The van der Waals surface area contributed by atoms with Crippen LogP contribution in [-0.2, 0) is 26.2 Å². The first-order chi connectivity index (χ1) is 19.9. The van der Waals surface area contributed by atoms with Crippen LogP contribution in [0.15, 0.2) is 71.6 Å². The fourth-order valence-electron chi connectivity index (χ4n) is 4.68. The van der Waals surface area contributed by atoms with Crippen LogP contribution in [0.5, 0.6) is 5.75 Å². The van der Waals surface area contributed by atoms with Gasteiger partial charge in [0, 0.05) is 12.6 Å². The number of hydrogen-bond acceptors (Lipinski definition) is 5. The highest BCUT2D eigenvalue weighted by Gasteiger charge is 2.35. The lowest BCUT2D eigenvalue weighted by atomic mass is 10.1. The van der Waals surface area contributed by atoms with Crippen LogP contribution in [0, 0.1) is 20.8 Å². The predicted molar refractivity (Wildman–Crippen MR) is 167 cm³/mol. The third-order valence-electron chi connectivity index (χ3n) is 7.48. The number of nitrogens with zero attached hydrogens (tertiary/aromatic N) is 2. The minimum Gasteiger partial charge on any atom is -0.495 e. The van der Waals surface area contributed by atoms with Crippen LogP contribution in [0.3, 0.4) is 0 Å². The summed E-state index contributed by atoms with van der Waals surface area (Å²) in [5, 5.41) is 3.00. The second-order valence-corrected chi connectivity index (χ2v) is 12.6. The number of aryl methyl sites for hydroxylation is 3. The molecule has 3 rings (SSSR count). The summed E-state index contributed by atoms with van der Waals surface area (Å²) in [7, 11) is -2.74. The Morgan fingerprint density at radius 2 is 1.55 bits per heavy atom. The first kappa shape index (κ1) is 32.7. The van der Waals surface area contributed by atoms with Crippen LogP contribution in [0.1, 0.15) is 55.9 Å². The van der Waals surface area contributed by atoms with Crippen molar-refractivity contribution >= 4 is 27.5 Å². The molecule has 0 saturated heterocycles. The zero-order valence-corrected chi connectivity index (χ0v) is 26.5. The van der Waals surface area contributed by atoms with Gasteiger partial charge in [0.25, 0.3) is 10.0 Å². The number of ether oxygens (including phenoxy) is 1. The van der Waals surface area contributed by atoms with Crippen molar-refractivity contribution in [1.29, 1.82) is 0 Å². The normalized spacial score (nSPS) is 12.7. The monoisotopic (exact) mass is 593 g/mol. The maximum absolute atomic E-state index is 14.3. The van der Waals surface area contributed by atoms with E-state index in [1.165, 1.54) is 24.1 Å². The molecule has 226 valence electrons. The first-order valence-electron chi connectivity index (χ1n) is 14.3.